The number of hydrogen-bond donors (Lipinski definition) is 0. The van der Waals surface area contributed by atoms with Gasteiger partial charge in [-0.25, -0.2) is 0 Å². The second-order valence-corrected chi connectivity index (χ2v) is 7.42. The van der Waals surface area contributed by atoms with Gasteiger partial charge in [-0.2, -0.15) is 0 Å². The van der Waals surface area contributed by atoms with Crippen molar-refractivity contribution in [3.8, 4) is 5.75 Å². The van der Waals surface area contributed by atoms with E-state index in [1.54, 1.807) is 0 Å². The summed E-state index contributed by atoms with van der Waals surface area (Å²) in [5.74, 6) is 1.60. The van der Waals surface area contributed by atoms with Crippen LogP contribution >= 0.6 is 15.9 Å². The van der Waals surface area contributed by atoms with E-state index in [0.29, 0.717) is 6.61 Å². The molecule has 1 aromatic carbocycles. The van der Waals surface area contributed by atoms with Crippen molar-refractivity contribution in [3.05, 3.63) is 28.2 Å². The van der Waals surface area contributed by atoms with Crippen molar-refractivity contribution in [2.45, 2.75) is 38.7 Å². The molecule has 1 amide bonds. The normalized spacial score (nSPS) is 22.3. The van der Waals surface area contributed by atoms with Gasteiger partial charge in [-0.1, -0.05) is 6.92 Å². The lowest BCUT2D eigenvalue weighted by Gasteiger charge is -2.30. The van der Waals surface area contributed by atoms with Crippen molar-refractivity contribution >= 4 is 21.8 Å². The molecule has 2 fully saturated rings. The number of amides is 1. The van der Waals surface area contributed by atoms with Gasteiger partial charge in [0.05, 0.1) is 10.6 Å². The maximum absolute atomic E-state index is 12.6. The van der Waals surface area contributed by atoms with Crippen LogP contribution in [0.25, 0.3) is 0 Å². The molecule has 1 atom stereocenters. The van der Waals surface area contributed by atoms with Crippen molar-refractivity contribution in [1.29, 1.82) is 0 Å². The predicted octanol–water partition coefficient (Wildman–Crippen LogP) is 3.88. The Labute approximate surface area is 146 Å². The molecule has 0 aromatic heterocycles. The Hall–Kier alpha value is -1.07. The first-order chi connectivity index (χ1) is 11.1. The van der Waals surface area contributed by atoms with Gasteiger partial charge in [0.15, 0.2) is 0 Å². The highest BCUT2D eigenvalue weighted by molar-refractivity contribution is 9.10. The van der Waals surface area contributed by atoms with E-state index in [0.717, 1.165) is 67.1 Å². The Bertz CT molecular complexity index is 549. The highest BCUT2D eigenvalue weighted by atomic mass is 79.9. The van der Waals surface area contributed by atoms with Crippen LogP contribution in [-0.4, -0.2) is 43.2 Å². The monoisotopic (exact) mass is 381 g/mol. The average Bonchev–Trinajstić information content (AvgIpc) is 3.07. The van der Waals surface area contributed by atoms with Gasteiger partial charge in [-0.05, 0) is 65.7 Å². The van der Waals surface area contributed by atoms with Crippen LogP contribution in [0.2, 0.25) is 0 Å². The van der Waals surface area contributed by atoms with Crippen LogP contribution in [0.5, 0.6) is 5.75 Å². The smallest absolute Gasteiger partial charge is 0.253 e. The zero-order valence-corrected chi connectivity index (χ0v) is 15.2. The minimum Gasteiger partial charge on any atom is -0.490 e. The summed E-state index contributed by atoms with van der Waals surface area (Å²) in [6.45, 7) is 5.36. The summed E-state index contributed by atoms with van der Waals surface area (Å²) in [5, 5.41) is 0. The molecular weight excluding hydrogens is 358 g/mol. The highest BCUT2D eigenvalue weighted by Crippen LogP contribution is 2.28. The molecule has 126 valence electrons. The molecule has 2 aliphatic heterocycles. The first kappa shape index (κ1) is 16.8. The van der Waals surface area contributed by atoms with E-state index in [1.165, 1.54) is 0 Å². The van der Waals surface area contributed by atoms with Crippen LogP contribution in [0, 0.1) is 5.92 Å². The van der Waals surface area contributed by atoms with E-state index in [1.807, 2.05) is 23.1 Å². The number of piperidine rings is 1. The van der Waals surface area contributed by atoms with Crippen molar-refractivity contribution in [3.63, 3.8) is 0 Å². The number of hydrogen-bond acceptors (Lipinski definition) is 3. The Morgan fingerprint density at radius 2 is 2.13 bits per heavy atom. The minimum absolute atomic E-state index is 0.114. The number of likely N-dealkylation sites (tertiary alicyclic amines) is 1. The summed E-state index contributed by atoms with van der Waals surface area (Å²) in [4.78, 5) is 14.5. The number of halogens is 1. The van der Waals surface area contributed by atoms with Gasteiger partial charge in [0, 0.05) is 25.3 Å². The largest absolute Gasteiger partial charge is 0.490 e. The van der Waals surface area contributed by atoms with E-state index in [9.17, 15) is 4.79 Å². The fraction of sp³-hybridized carbons (Fsp3) is 0.611. The van der Waals surface area contributed by atoms with Gasteiger partial charge in [-0.3, -0.25) is 4.79 Å². The minimum atomic E-state index is 0.114. The Morgan fingerprint density at radius 3 is 2.78 bits per heavy atom. The lowest BCUT2D eigenvalue weighted by Crippen LogP contribution is -2.37. The van der Waals surface area contributed by atoms with E-state index in [-0.39, 0.29) is 12.0 Å². The zero-order chi connectivity index (χ0) is 16.2. The van der Waals surface area contributed by atoms with Crippen LogP contribution in [0.4, 0.5) is 0 Å². The van der Waals surface area contributed by atoms with Gasteiger partial charge in [0.2, 0.25) is 0 Å². The number of ether oxygens (including phenoxy) is 2. The molecule has 0 spiro atoms. The van der Waals surface area contributed by atoms with Gasteiger partial charge < -0.3 is 14.4 Å². The first-order valence-corrected chi connectivity index (χ1v) is 9.26. The molecule has 2 aliphatic rings. The van der Waals surface area contributed by atoms with Crippen LogP contribution < -0.4 is 4.74 Å². The number of nitrogens with zero attached hydrogens (tertiary/aromatic N) is 1. The van der Waals surface area contributed by atoms with Crippen LogP contribution in [0.3, 0.4) is 0 Å². The summed E-state index contributed by atoms with van der Waals surface area (Å²) in [6, 6.07) is 5.60. The summed E-state index contributed by atoms with van der Waals surface area (Å²) in [5.41, 5.74) is 0.718. The summed E-state index contributed by atoms with van der Waals surface area (Å²) in [7, 11) is 0. The molecule has 0 N–H and O–H groups in total. The van der Waals surface area contributed by atoms with Gasteiger partial charge in [0.25, 0.3) is 5.91 Å². The number of carbonyl (C=O) groups is 1. The molecule has 2 heterocycles. The molecule has 0 bridgehead atoms. The Morgan fingerprint density at radius 1 is 1.35 bits per heavy atom. The summed E-state index contributed by atoms with van der Waals surface area (Å²) < 4.78 is 12.2. The number of benzene rings is 1. The van der Waals surface area contributed by atoms with Gasteiger partial charge in [-0.15, -0.1) is 0 Å². The fourth-order valence-electron chi connectivity index (χ4n) is 3.10. The van der Waals surface area contributed by atoms with Gasteiger partial charge >= 0.3 is 0 Å². The highest BCUT2D eigenvalue weighted by Gasteiger charge is 2.22. The maximum Gasteiger partial charge on any atom is 0.253 e. The van der Waals surface area contributed by atoms with Crippen molar-refractivity contribution in [1.82, 2.24) is 4.90 Å². The molecule has 4 nitrogen and oxygen atoms in total. The van der Waals surface area contributed by atoms with E-state index >= 15 is 0 Å². The molecule has 0 saturated carbocycles. The second kappa shape index (κ2) is 7.67. The third-order valence-corrected chi connectivity index (χ3v) is 5.32. The van der Waals surface area contributed by atoms with Crippen molar-refractivity contribution < 1.29 is 14.3 Å². The molecule has 3 rings (SSSR count). The lowest BCUT2D eigenvalue weighted by molar-refractivity contribution is 0.0673. The van der Waals surface area contributed by atoms with E-state index in [2.05, 4.69) is 22.9 Å². The molecule has 23 heavy (non-hydrogen) atoms. The van der Waals surface area contributed by atoms with Crippen molar-refractivity contribution in [2.24, 2.45) is 5.92 Å². The standard InChI is InChI=1S/C18H24BrNO3/c1-13-6-8-20(9-7-13)18(21)14-4-5-17(16(19)11-14)23-12-15-3-2-10-22-15/h4-5,11,13,15H,2-3,6-10,12H2,1H3/t15-/m1/s1. The Balaban J connectivity index is 1.60. The number of rotatable bonds is 4. The van der Waals surface area contributed by atoms with Crippen LogP contribution in [-0.2, 0) is 4.74 Å². The lowest BCUT2D eigenvalue weighted by atomic mass is 9.98. The number of carbonyl (C=O) groups excluding carboxylic acids is 1. The molecule has 5 heteroatoms. The topological polar surface area (TPSA) is 38.8 Å². The third kappa shape index (κ3) is 4.27. The van der Waals surface area contributed by atoms with Crippen LogP contribution in [0.1, 0.15) is 43.0 Å². The quantitative estimate of drug-likeness (QED) is 0.794. The maximum atomic E-state index is 12.6. The molecular formula is C18H24BrNO3. The van der Waals surface area contributed by atoms with E-state index < -0.39 is 0 Å². The van der Waals surface area contributed by atoms with Crippen molar-refractivity contribution in [2.75, 3.05) is 26.3 Å². The zero-order valence-electron chi connectivity index (χ0n) is 13.6. The van der Waals surface area contributed by atoms with E-state index in [4.69, 9.17) is 9.47 Å². The average molecular weight is 382 g/mol. The van der Waals surface area contributed by atoms with Gasteiger partial charge in [0.1, 0.15) is 12.4 Å². The summed E-state index contributed by atoms with van der Waals surface area (Å²) >= 11 is 3.52. The molecule has 0 aliphatic carbocycles. The first-order valence-electron chi connectivity index (χ1n) is 8.46. The third-order valence-electron chi connectivity index (χ3n) is 4.70. The molecule has 0 unspecified atom stereocenters. The van der Waals surface area contributed by atoms with Crippen LogP contribution in [0.15, 0.2) is 22.7 Å². The summed E-state index contributed by atoms with van der Waals surface area (Å²) in [6.07, 6.45) is 4.54. The molecule has 0 radical (unpaired) electrons. The predicted molar refractivity (Wildman–Crippen MR) is 92.9 cm³/mol. The SMILES string of the molecule is CC1CCN(C(=O)c2ccc(OC[C@H]3CCCO3)c(Br)c2)CC1. The second-order valence-electron chi connectivity index (χ2n) is 6.57. The molecule has 2 saturated heterocycles. The fourth-order valence-corrected chi connectivity index (χ4v) is 3.60. The Kier molecular flexibility index (Phi) is 5.59. The molecule has 1 aromatic rings.